The highest BCUT2D eigenvalue weighted by Crippen LogP contribution is 2.23. The third-order valence-electron chi connectivity index (χ3n) is 3.45. The Hall–Kier alpha value is -1.29. The van der Waals surface area contributed by atoms with Crippen molar-refractivity contribution in [3.8, 4) is 0 Å². The number of carbonyl (C=O) groups is 1. The molecule has 1 aromatic rings. The van der Waals surface area contributed by atoms with E-state index in [9.17, 15) is 18.0 Å². The molecule has 1 aliphatic rings. The number of aromatic nitrogens is 3. The monoisotopic (exact) mass is 348 g/mol. The Bertz CT molecular complexity index is 709. The Morgan fingerprint density at radius 1 is 1.55 bits per heavy atom. The maximum Gasteiger partial charge on any atom is 0.343 e. The molecular formula is C12H20N4O4S2. The predicted molar refractivity (Wildman–Crippen MR) is 83.7 cm³/mol. The number of H-pyrrole nitrogens is 1. The first-order valence-corrected chi connectivity index (χ1v) is 9.85. The van der Waals surface area contributed by atoms with E-state index in [2.05, 4.69) is 15.5 Å². The van der Waals surface area contributed by atoms with Gasteiger partial charge in [-0.1, -0.05) is 18.7 Å². The summed E-state index contributed by atoms with van der Waals surface area (Å²) in [6.07, 6.45) is 1.21. The van der Waals surface area contributed by atoms with Gasteiger partial charge >= 0.3 is 5.69 Å². The molecule has 1 atom stereocenters. The molecule has 2 heterocycles. The van der Waals surface area contributed by atoms with Crippen molar-refractivity contribution in [2.45, 2.75) is 43.9 Å². The third kappa shape index (κ3) is 4.13. The van der Waals surface area contributed by atoms with Crippen LogP contribution in [0.2, 0.25) is 0 Å². The average Bonchev–Trinajstić information content (AvgIpc) is 2.89. The van der Waals surface area contributed by atoms with E-state index < -0.39 is 15.4 Å². The van der Waals surface area contributed by atoms with Crippen LogP contribution in [-0.4, -0.2) is 51.9 Å². The first kappa shape index (κ1) is 17.1. The first-order valence-electron chi connectivity index (χ1n) is 7.04. The highest BCUT2D eigenvalue weighted by atomic mass is 32.2. The maximum absolute atomic E-state index is 12.0. The maximum atomic E-state index is 12.0. The van der Waals surface area contributed by atoms with Gasteiger partial charge in [-0.3, -0.25) is 9.36 Å². The van der Waals surface area contributed by atoms with E-state index in [1.54, 1.807) is 6.92 Å². The molecule has 0 spiro atoms. The Kier molecular flexibility index (Phi) is 5.00. The van der Waals surface area contributed by atoms with Gasteiger partial charge in [-0.05, 0) is 19.8 Å². The highest BCUT2D eigenvalue weighted by molar-refractivity contribution is 7.99. The van der Waals surface area contributed by atoms with E-state index in [-0.39, 0.29) is 28.9 Å². The molecule has 1 amide bonds. The summed E-state index contributed by atoms with van der Waals surface area (Å²) >= 11 is 1.16. The van der Waals surface area contributed by atoms with Crippen molar-refractivity contribution in [3.05, 3.63) is 10.5 Å². The Labute approximate surface area is 133 Å². The number of nitrogens with one attached hydrogen (secondary N) is 2. The summed E-state index contributed by atoms with van der Waals surface area (Å²) in [5, 5.41) is 9.49. The third-order valence-corrected chi connectivity index (χ3v) is 6.33. The second-order valence-electron chi connectivity index (χ2n) is 5.70. The Balaban J connectivity index is 1.92. The summed E-state index contributed by atoms with van der Waals surface area (Å²) in [4.78, 5) is 23.6. The summed E-state index contributed by atoms with van der Waals surface area (Å²) < 4.78 is 24.5. The van der Waals surface area contributed by atoms with Crippen LogP contribution in [0.5, 0.6) is 0 Å². The number of aromatic amines is 1. The molecule has 0 unspecified atom stereocenters. The fraction of sp³-hybridized carbons (Fsp3) is 0.750. The van der Waals surface area contributed by atoms with Crippen molar-refractivity contribution in [2.24, 2.45) is 0 Å². The lowest BCUT2D eigenvalue weighted by Gasteiger charge is -2.23. The number of hydrogen-bond acceptors (Lipinski definition) is 6. The number of carbonyl (C=O) groups excluding carboxylic acids is 1. The van der Waals surface area contributed by atoms with Gasteiger partial charge in [-0.25, -0.2) is 18.3 Å². The molecule has 1 aliphatic heterocycles. The van der Waals surface area contributed by atoms with Crippen LogP contribution in [0, 0.1) is 0 Å². The number of sulfone groups is 1. The van der Waals surface area contributed by atoms with Gasteiger partial charge in [0.05, 0.1) is 22.8 Å². The van der Waals surface area contributed by atoms with Gasteiger partial charge in [-0.2, -0.15) is 0 Å². The van der Waals surface area contributed by atoms with Crippen LogP contribution in [0.15, 0.2) is 9.95 Å². The van der Waals surface area contributed by atoms with Crippen molar-refractivity contribution in [2.75, 3.05) is 17.3 Å². The van der Waals surface area contributed by atoms with E-state index in [1.807, 2.05) is 6.92 Å². The topological polar surface area (TPSA) is 114 Å². The minimum atomic E-state index is -3.06. The van der Waals surface area contributed by atoms with Crippen molar-refractivity contribution >= 4 is 27.5 Å². The molecule has 22 heavy (non-hydrogen) atoms. The summed E-state index contributed by atoms with van der Waals surface area (Å²) in [6.45, 7) is 4.22. The van der Waals surface area contributed by atoms with Gasteiger partial charge in [-0.15, -0.1) is 5.10 Å². The normalized spacial score (nSPS) is 23.5. The van der Waals surface area contributed by atoms with Crippen molar-refractivity contribution in [1.82, 2.24) is 20.1 Å². The molecule has 2 N–H and O–H groups in total. The molecule has 0 radical (unpaired) electrons. The fourth-order valence-electron chi connectivity index (χ4n) is 2.45. The lowest BCUT2D eigenvalue weighted by molar-refractivity contribution is -0.120. The molecule has 1 saturated heterocycles. The quantitative estimate of drug-likeness (QED) is 0.686. The van der Waals surface area contributed by atoms with Crippen molar-refractivity contribution in [3.63, 3.8) is 0 Å². The summed E-state index contributed by atoms with van der Waals surface area (Å²) in [7, 11) is -3.06. The minimum Gasteiger partial charge on any atom is -0.349 e. The molecule has 1 aromatic heterocycles. The van der Waals surface area contributed by atoms with Crippen LogP contribution in [0.4, 0.5) is 0 Å². The zero-order valence-corrected chi connectivity index (χ0v) is 14.2. The van der Waals surface area contributed by atoms with E-state index >= 15 is 0 Å². The molecule has 0 aliphatic carbocycles. The number of nitrogens with zero attached hydrogens (tertiary/aromatic N) is 2. The molecule has 10 heteroatoms. The van der Waals surface area contributed by atoms with Gasteiger partial charge in [0, 0.05) is 6.54 Å². The van der Waals surface area contributed by atoms with Crippen LogP contribution in [0.25, 0.3) is 0 Å². The second-order valence-corrected chi connectivity index (χ2v) is 8.83. The number of thioether (sulfide) groups is 1. The smallest absolute Gasteiger partial charge is 0.343 e. The van der Waals surface area contributed by atoms with Crippen molar-refractivity contribution in [1.29, 1.82) is 0 Å². The largest absolute Gasteiger partial charge is 0.349 e. The molecule has 8 nitrogen and oxygen atoms in total. The molecule has 2 rings (SSSR count). The lowest BCUT2D eigenvalue weighted by atomic mass is 10.0. The van der Waals surface area contributed by atoms with Gasteiger partial charge in [0.2, 0.25) is 5.91 Å². The van der Waals surface area contributed by atoms with E-state index in [0.29, 0.717) is 18.1 Å². The second kappa shape index (κ2) is 6.45. The standard InChI is InChI=1S/C12H20N4O4S2/c1-3-5-16-10(18)14-15-11(16)21-7-9(17)13-12(2)4-6-22(19,20)8-12/h3-8H2,1-2H3,(H,13,17)(H,14,18)/t12-/m1/s1. The highest BCUT2D eigenvalue weighted by Gasteiger charge is 2.39. The zero-order chi connectivity index (χ0) is 16.4. The average molecular weight is 348 g/mol. The molecule has 0 saturated carbocycles. The van der Waals surface area contributed by atoms with Gasteiger partial charge < -0.3 is 5.32 Å². The summed E-state index contributed by atoms with van der Waals surface area (Å²) in [5.74, 6) is -0.0990. The van der Waals surface area contributed by atoms with Crippen LogP contribution >= 0.6 is 11.8 Å². The number of hydrogen-bond donors (Lipinski definition) is 2. The van der Waals surface area contributed by atoms with Gasteiger partial charge in [0.15, 0.2) is 15.0 Å². The van der Waals surface area contributed by atoms with Crippen LogP contribution < -0.4 is 11.0 Å². The molecule has 124 valence electrons. The minimum absolute atomic E-state index is 0.0284. The number of amides is 1. The summed E-state index contributed by atoms with van der Waals surface area (Å²) in [5.41, 5.74) is -0.996. The van der Waals surface area contributed by atoms with Crippen molar-refractivity contribution < 1.29 is 13.2 Å². The van der Waals surface area contributed by atoms with E-state index in [4.69, 9.17) is 0 Å². The molecule has 0 aromatic carbocycles. The van der Waals surface area contributed by atoms with Crippen LogP contribution in [0.1, 0.15) is 26.7 Å². The van der Waals surface area contributed by atoms with Crippen LogP contribution in [-0.2, 0) is 21.2 Å². The Morgan fingerprint density at radius 2 is 2.27 bits per heavy atom. The van der Waals surface area contributed by atoms with Gasteiger partial charge in [0.1, 0.15) is 0 Å². The van der Waals surface area contributed by atoms with Gasteiger partial charge in [0.25, 0.3) is 0 Å². The Morgan fingerprint density at radius 3 is 2.86 bits per heavy atom. The van der Waals surface area contributed by atoms with E-state index in [1.165, 1.54) is 4.57 Å². The van der Waals surface area contributed by atoms with E-state index in [0.717, 1.165) is 18.2 Å². The predicted octanol–water partition coefficient (Wildman–Crippen LogP) is -0.233. The number of rotatable bonds is 6. The molecule has 1 fully saturated rings. The summed E-state index contributed by atoms with van der Waals surface area (Å²) in [6, 6.07) is 0. The fourth-order valence-corrected chi connectivity index (χ4v) is 5.31. The first-order chi connectivity index (χ1) is 10.2. The lowest BCUT2D eigenvalue weighted by Crippen LogP contribution is -2.47. The molecule has 0 bridgehead atoms. The molecular weight excluding hydrogens is 328 g/mol. The zero-order valence-electron chi connectivity index (χ0n) is 12.6. The van der Waals surface area contributed by atoms with Crippen LogP contribution in [0.3, 0.4) is 0 Å². The SMILES string of the molecule is CCCn1c(SCC(=O)N[C@]2(C)CCS(=O)(=O)C2)n[nH]c1=O.